The van der Waals surface area contributed by atoms with Gasteiger partial charge in [0.2, 0.25) is 5.91 Å². The zero-order valence-electron chi connectivity index (χ0n) is 13.0. The van der Waals surface area contributed by atoms with Gasteiger partial charge in [-0.3, -0.25) is 19.3 Å². The summed E-state index contributed by atoms with van der Waals surface area (Å²) in [7, 11) is 3.95. The second-order valence-corrected chi connectivity index (χ2v) is 5.80. The minimum Gasteiger partial charge on any atom is -0.380 e. The topological polar surface area (TPSA) is 81.8 Å². The number of hydrogen-bond donors (Lipinski definition) is 2. The predicted molar refractivity (Wildman–Crippen MR) is 81.4 cm³/mol. The van der Waals surface area contributed by atoms with Gasteiger partial charge < -0.3 is 15.5 Å². The number of nitrogens with one attached hydrogen (secondary N) is 2. The van der Waals surface area contributed by atoms with E-state index >= 15 is 0 Å². The van der Waals surface area contributed by atoms with Gasteiger partial charge in [-0.2, -0.15) is 0 Å². The van der Waals surface area contributed by atoms with Crippen molar-refractivity contribution in [2.24, 2.45) is 0 Å². The van der Waals surface area contributed by atoms with Gasteiger partial charge in [0.1, 0.15) is 11.7 Å². The molecule has 1 saturated heterocycles. The number of rotatable bonds is 6. The third-order valence-corrected chi connectivity index (χ3v) is 3.69. The number of piperidine rings is 1. The Morgan fingerprint density at radius 3 is 2.77 bits per heavy atom. The number of carbonyl (C=O) groups excluding carboxylic acids is 3. The van der Waals surface area contributed by atoms with Crippen LogP contribution < -0.4 is 10.6 Å². The highest BCUT2D eigenvalue weighted by molar-refractivity contribution is 6.17. The maximum absolute atomic E-state index is 12.3. The second-order valence-electron chi connectivity index (χ2n) is 5.80. The third-order valence-electron chi connectivity index (χ3n) is 3.69. The smallest absolute Gasteiger partial charge is 0.277 e. The first kappa shape index (κ1) is 16.2. The highest BCUT2D eigenvalue weighted by Crippen LogP contribution is 2.21. The molecule has 2 rings (SSSR count). The van der Waals surface area contributed by atoms with Crippen molar-refractivity contribution < 1.29 is 14.4 Å². The van der Waals surface area contributed by atoms with Gasteiger partial charge in [-0.25, -0.2) is 0 Å². The largest absolute Gasteiger partial charge is 0.380 e. The summed E-state index contributed by atoms with van der Waals surface area (Å²) in [6.07, 6.45) is 3.12. The Hall–Kier alpha value is -2.15. The molecule has 1 fully saturated rings. The van der Waals surface area contributed by atoms with Crippen LogP contribution >= 0.6 is 0 Å². The molecule has 7 nitrogen and oxygen atoms in total. The Kier molecular flexibility index (Phi) is 4.97. The Morgan fingerprint density at radius 1 is 1.41 bits per heavy atom. The van der Waals surface area contributed by atoms with Crippen LogP contribution in [0.1, 0.15) is 19.3 Å². The first-order valence-corrected chi connectivity index (χ1v) is 7.36. The molecule has 0 radical (unpaired) electrons. The minimum absolute atomic E-state index is 0.265. The fourth-order valence-electron chi connectivity index (χ4n) is 2.53. The minimum atomic E-state index is -0.747. The molecule has 0 spiro atoms. The van der Waals surface area contributed by atoms with Crippen molar-refractivity contribution in [3.05, 3.63) is 24.0 Å². The molecule has 3 amide bonds. The molecule has 0 bridgehead atoms. The fraction of sp³-hybridized carbons (Fsp3) is 0.533. The molecule has 0 aromatic carbocycles. The molecule has 7 heteroatoms. The molecule has 2 heterocycles. The second kappa shape index (κ2) is 6.74. The molecule has 120 valence electrons. The number of amides is 3. The zero-order valence-corrected chi connectivity index (χ0v) is 13.0. The molecular formula is C15H22N4O3. The van der Waals surface area contributed by atoms with Crippen molar-refractivity contribution in [2.75, 3.05) is 27.2 Å². The Bertz CT molecular complexity index is 539. The molecule has 1 unspecified atom stereocenters. The lowest BCUT2D eigenvalue weighted by Crippen LogP contribution is -2.52. The van der Waals surface area contributed by atoms with E-state index in [0.29, 0.717) is 25.1 Å². The normalized spacial score (nSPS) is 22.2. The van der Waals surface area contributed by atoms with Gasteiger partial charge in [0.15, 0.2) is 0 Å². The van der Waals surface area contributed by atoms with Crippen LogP contribution in [0.4, 0.5) is 0 Å². The van der Waals surface area contributed by atoms with Crippen molar-refractivity contribution in [2.45, 2.75) is 25.3 Å². The van der Waals surface area contributed by atoms with E-state index in [0.717, 1.165) is 17.9 Å². The SMILES string of the molecule is C=C1CCC(N2C(=O)C=C(NCCCN(C)C)C2=O)C(=O)N1. The third kappa shape index (κ3) is 3.54. The quantitative estimate of drug-likeness (QED) is 0.514. The Labute approximate surface area is 130 Å². The molecular weight excluding hydrogens is 284 g/mol. The molecule has 2 N–H and O–H groups in total. The lowest BCUT2D eigenvalue weighted by molar-refractivity contribution is -0.146. The first-order valence-electron chi connectivity index (χ1n) is 7.36. The van der Waals surface area contributed by atoms with E-state index in [-0.39, 0.29) is 11.6 Å². The molecule has 2 aliphatic rings. The first-order chi connectivity index (χ1) is 10.4. The van der Waals surface area contributed by atoms with Gasteiger partial charge in [0.05, 0.1) is 0 Å². The average Bonchev–Trinajstić information content (AvgIpc) is 2.70. The number of carbonyl (C=O) groups is 3. The lowest BCUT2D eigenvalue weighted by atomic mass is 10.0. The molecule has 0 saturated carbocycles. The molecule has 1 atom stereocenters. The predicted octanol–water partition coefficient (Wildman–Crippen LogP) is -0.427. The standard InChI is InChI=1S/C15H22N4O3/c1-10-5-6-12(14(21)17-10)19-13(20)9-11(15(19)22)16-7-4-8-18(2)3/h9,12,16H,1,4-8H2,2-3H3,(H,17,21). The molecule has 2 aliphatic heterocycles. The monoisotopic (exact) mass is 306 g/mol. The summed E-state index contributed by atoms with van der Waals surface area (Å²) < 4.78 is 0. The Morgan fingerprint density at radius 2 is 2.14 bits per heavy atom. The Balaban J connectivity index is 1.94. The summed E-state index contributed by atoms with van der Waals surface area (Å²) in [5.74, 6) is -1.21. The molecule has 0 aliphatic carbocycles. The van der Waals surface area contributed by atoms with E-state index < -0.39 is 17.9 Å². The fourth-order valence-corrected chi connectivity index (χ4v) is 2.53. The van der Waals surface area contributed by atoms with Gasteiger partial charge in [0, 0.05) is 18.3 Å². The molecule has 22 heavy (non-hydrogen) atoms. The van der Waals surface area contributed by atoms with Gasteiger partial charge in [-0.15, -0.1) is 0 Å². The number of allylic oxidation sites excluding steroid dienone is 1. The van der Waals surface area contributed by atoms with Crippen LogP contribution in [0, 0.1) is 0 Å². The highest BCUT2D eigenvalue weighted by Gasteiger charge is 2.41. The number of imide groups is 1. The van der Waals surface area contributed by atoms with Crippen LogP contribution in [-0.2, 0) is 14.4 Å². The molecule has 0 aromatic rings. The van der Waals surface area contributed by atoms with Crippen molar-refractivity contribution in [1.82, 2.24) is 20.4 Å². The van der Waals surface area contributed by atoms with Crippen molar-refractivity contribution in [3.8, 4) is 0 Å². The zero-order chi connectivity index (χ0) is 16.3. The summed E-state index contributed by atoms with van der Waals surface area (Å²) >= 11 is 0. The van der Waals surface area contributed by atoms with Gasteiger partial charge in [-0.1, -0.05) is 6.58 Å². The van der Waals surface area contributed by atoms with E-state index in [4.69, 9.17) is 0 Å². The van der Waals surface area contributed by atoms with Crippen LogP contribution in [-0.4, -0.2) is 60.7 Å². The number of nitrogens with zero attached hydrogens (tertiary/aromatic N) is 2. The van der Waals surface area contributed by atoms with Crippen LogP contribution in [0.15, 0.2) is 24.0 Å². The maximum atomic E-state index is 12.3. The van der Waals surface area contributed by atoms with Gasteiger partial charge >= 0.3 is 0 Å². The average molecular weight is 306 g/mol. The van der Waals surface area contributed by atoms with E-state index in [2.05, 4.69) is 17.2 Å². The van der Waals surface area contributed by atoms with E-state index in [1.54, 1.807) is 0 Å². The summed E-state index contributed by atoms with van der Waals surface area (Å²) in [5.41, 5.74) is 0.885. The van der Waals surface area contributed by atoms with Crippen LogP contribution in [0.3, 0.4) is 0 Å². The van der Waals surface area contributed by atoms with Crippen molar-refractivity contribution in [3.63, 3.8) is 0 Å². The maximum Gasteiger partial charge on any atom is 0.277 e. The summed E-state index contributed by atoms with van der Waals surface area (Å²) in [4.78, 5) is 39.4. The molecule has 0 aromatic heterocycles. The van der Waals surface area contributed by atoms with Crippen LogP contribution in [0.5, 0.6) is 0 Å². The van der Waals surface area contributed by atoms with Crippen LogP contribution in [0.2, 0.25) is 0 Å². The lowest BCUT2D eigenvalue weighted by Gasteiger charge is -2.29. The van der Waals surface area contributed by atoms with Crippen LogP contribution in [0.25, 0.3) is 0 Å². The highest BCUT2D eigenvalue weighted by atomic mass is 16.2. The van der Waals surface area contributed by atoms with E-state index in [1.165, 1.54) is 6.08 Å². The van der Waals surface area contributed by atoms with E-state index in [1.807, 2.05) is 19.0 Å². The van der Waals surface area contributed by atoms with Crippen molar-refractivity contribution >= 4 is 17.7 Å². The summed E-state index contributed by atoms with van der Waals surface area (Å²) in [6, 6.07) is -0.747. The van der Waals surface area contributed by atoms with Gasteiger partial charge in [0.25, 0.3) is 11.8 Å². The number of hydrogen-bond acceptors (Lipinski definition) is 5. The van der Waals surface area contributed by atoms with Crippen molar-refractivity contribution in [1.29, 1.82) is 0 Å². The summed E-state index contributed by atoms with van der Waals surface area (Å²) in [5, 5.41) is 5.58. The van der Waals surface area contributed by atoms with E-state index in [9.17, 15) is 14.4 Å². The summed E-state index contributed by atoms with van der Waals surface area (Å²) in [6.45, 7) is 5.18. The van der Waals surface area contributed by atoms with Gasteiger partial charge in [-0.05, 0) is 39.9 Å².